The van der Waals surface area contributed by atoms with Gasteiger partial charge < -0.3 is 9.84 Å². The highest BCUT2D eigenvalue weighted by molar-refractivity contribution is 9.10. The predicted octanol–water partition coefficient (Wildman–Crippen LogP) is 3.19. The van der Waals surface area contributed by atoms with Crippen LogP contribution in [0.15, 0.2) is 16.6 Å². The number of ether oxygens (including phenoxy) is 1. The second-order valence-electron chi connectivity index (χ2n) is 2.62. The number of benzene rings is 1. The Labute approximate surface area is 94.8 Å². The number of hydrogen-bond acceptors (Lipinski definition) is 2. The van der Waals surface area contributed by atoms with Crippen LogP contribution in [0.4, 0.5) is 17.6 Å². The van der Waals surface area contributed by atoms with Gasteiger partial charge in [-0.05, 0) is 28.1 Å². The van der Waals surface area contributed by atoms with Gasteiger partial charge in [-0.25, -0.2) is 9.18 Å². The molecule has 0 fully saturated rings. The minimum absolute atomic E-state index is 0.327. The molecule has 1 aromatic carbocycles. The van der Waals surface area contributed by atoms with Gasteiger partial charge in [0.2, 0.25) is 0 Å². The molecule has 3 nitrogen and oxygen atoms in total. The Morgan fingerprint density at radius 1 is 1.38 bits per heavy atom. The Morgan fingerprint density at radius 3 is 2.38 bits per heavy atom. The van der Waals surface area contributed by atoms with E-state index in [1.165, 1.54) is 0 Å². The lowest BCUT2D eigenvalue weighted by Crippen LogP contribution is -2.18. The van der Waals surface area contributed by atoms with Gasteiger partial charge in [0.05, 0.1) is 10.0 Å². The van der Waals surface area contributed by atoms with Crippen LogP contribution >= 0.6 is 15.9 Å². The maximum Gasteiger partial charge on any atom is 0.573 e. The smallest absolute Gasteiger partial charge is 0.478 e. The highest BCUT2D eigenvalue weighted by Gasteiger charge is 2.32. The van der Waals surface area contributed by atoms with E-state index in [0.717, 1.165) is 0 Å². The lowest BCUT2D eigenvalue weighted by atomic mass is 10.2. The molecule has 0 aromatic heterocycles. The van der Waals surface area contributed by atoms with Crippen molar-refractivity contribution < 1.29 is 32.2 Å². The van der Waals surface area contributed by atoms with Crippen LogP contribution in [0, 0.1) is 5.82 Å². The fourth-order valence-corrected chi connectivity index (χ4v) is 1.29. The lowest BCUT2D eigenvalue weighted by Gasteiger charge is -2.11. The van der Waals surface area contributed by atoms with Gasteiger partial charge in [0.25, 0.3) is 0 Å². The molecule has 8 heteroatoms. The Morgan fingerprint density at radius 2 is 1.94 bits per heavy atom. The average Bonchev–Trinajstić information content (AvgIpc) is 2.07. The number of carboxylic acids is 1. The number of carboxylic acid groups (broad SMARTS) is 1. The van der Waals surface area contributed by atoms with Crippen molar-refractivity contribution in [2.45, 2.75) is 6.36 Å². The number of rotatable bonds is 2. The molecule has 0 unspecified atom stereocenters. The van der Waals surface area contributed by atoms with Crippen LogP contribution in [0.3, 0.4) is 0 Å². The van der Waals surface area contributed by atoms with E-state index < -0.39 is 29.5 Å². The van der Waals surface area contributed by atoms with Crippen molar-refractivity contribution in [3.63, 3.8) is 0 Å². The van der Waals surface area contributed by atoms with Crippen molar-refractivity contribution in [3.05, 3.63) is 28.0 Å². The normalized spacial score (nSPS) is 11.3. The first-order valence-electron chi connectivity index (χ1n) is 3.69. The summed E-state index contributed by atoms with van der Waals surface area (Å²) in [6, 6.07) is 1.04. The van der Waals surface area contributed by atoms with Crippen molar-refractivity contribution in [1.82, 2.24) is 0 Å². The lowest BCUT2D eigenvalue weighted by molar-refractivity contribution is -0.274. The summed E-state index contributed by atoms with van der Waals surface area (Å²) in [6.07, 6.45) is -4.98. The number of alkyl halides is 3. The molecule has 0 saturated heterocycles. The van der Waals surface area contributed by atoms with Crippen molar-refractivity contribution >= 4 is 21.9 Å². The molecule has 1 N–H and O–H groups in total. The van der Waals surface area contributed by atoms with Gasteiger partial charge in [-0.3, -0.25) is 0 Å². The first-order valence-corrected chi connectivity index (χ1v) is 4.48. The van der Waals surface area contributed by atoms with Gasteiger partial charge >= 0.3 is 12.3 Å². The van der Waals surface area contributed by atoms with E-state index in [-0.39, 0.29) is 4.47 Å². The van der Waals surface area contributed by atoms with Crippen molar-refractivity contribution in [1.29, 1.82) is 0 Å². The third kappa shape index (κ3) is 3.09. The van der Waals surface area contributed by atoms with E-state index in [4.69, 9.17) is 5.11 Å². The standard InChI is InChI=1S/C8H3BrF4O3/c9-4-2-5(10)3(7(14)15)1-6(4)16-8(11,12)13/h1-2H,(H,14,15). The SMILES string of the molecule is O=C(O)c1cc(OC(F)(F)F)c(Br)cc1F. The fourth-order valence-electron chi connectivity index (χ4n) is 0.896. The molecule has 0 aliphatic heterocycles. The summed E-state index contributed by atoms with van der Waals surface area (Å²) >= 11 is 2.63. The van der Waals surface area contributed by atoms with Gasteiger partial charge in [0.15, 0.2) is 0 Å². The van der Waals surface area contributed by atoms with Gasteiger partial charge in [-0.1, -0.05) is 0 Å². The average molecular weight is 303 g/mol. The zero-order valence-corrected chi connectivity index (χ0v) is 8.89. The molecule has 0 aliphatic carbocycles. The Balaban J connectivity index is 3.20. The highest BCUT2D eigenvalue weighted by atomic mass is 79.9. The first kappa shape index (κ1) is 12.8. The van der Waals surface area contributed by atoms with Crippen LogP contribution in [0.1, 0.15) is 10.4 Å². The Hall–Kier alpha value is -1.31. The maximum atomic E-state index is 13.0. The predicted molar refractivity (Wildman–Crippen MR) is 47.7 cm³/mol. The zero-order valence-electron chi connectivity index (χ0n) is 7.31. The van der Waals surface area contributed by atoms with Crippen LogP contribution in [0.2, 0.25) is 0 Å². The topological polar surface area (TPSA) is 46.5 Å². The largest absolute Gasteiger partial charge is 0.573 e. The minimum atomic E-state index is -4.98. The monoisotopic (exact) mass is 302 g/mol. The van der Waals surface area contributed by atoms with E-state index in [9.17, 15) is 22.4 Å². The number of aromatic carboxylic acids is 1. The Bertz CT molecular complexity index is 430. The Kier molecular flexibility index (Phi) is 3.41. The van der Waals surface area contributed by atoms with E-state index in [1.807, 2.05) is 0 Å². The molecular formula is C8H3BrF4O3. The van der Waals surface area contributed by atoms with Crippen LogP contribution in [0.25, 0.3) is 0 Å². The van der Waals surface area contributed by atoms with Crippen molar-refractivity contribution in [2.24, 2.45) is 0 Å². The molecule has 0 saturated carbocycles. The molecule has 0 radical (unpaired) electrons. The fraction of sp³-hybridized carbons (Fsp3) is 0.125. The maximum absolute atomic E-state index is 13.0. The molecule has 0 heterocycles. The summed E-state index contributed by atoms with van der Waals surface area (Å²) in [5, 5.41) is 8.49. The summed E-state index contributed by atoms with van der Waals surface area (Å²) < 4.78 is 51.8. The van der Waals surface area contributed by atoms with E-state index in [1.54, 1.807) is 0 Å². The molecule has 1 rings (SSSR count). The summed E-state index contributed by atoms with van der Waals surface area (Å²) in [6.45, 7) is 0. The zero-order chi connectivity index (χ0) is 12.5. The van der Waals surface area contributed by atoms with Gasteiger partial charge in [0.1, 0.15) is 11.6 Å². The second kappa shape index (κ2) is 4.28. The summed E-state index contributed by atoms with van der Waals surface area (Å²) in [5.41, 5.74) is -0.901. The van der Waals surface area contributed by atoms with Crippen molar-refractivity contribution in [3.8, 4) is 5.75 Å². The van der Waals surface area contributed by atoms with Crippen LogP contribution in [-0.4, -0.2) is 17.4 Å². The first-order chi connectivity index (χ1) is 7.20. The molecule has 0 amide bonds. The van der Waals surface area contributed by atoms with Gasteiger partial charge in [0, 0.05) is 0 Å². The third-order valence-electron chi connectivity index (χ3n) is 1.48. The highest BCUT2D eigenvalue weighted by Crippen LogP contribution is 2.32. The van der Waals surface area contributed by atoms with E-state index in [2.05, 4.69) is 20.7 Å². The third-order valence-corrected chi connectivity index (χ3v) is 2.10. The van der Waals surface area contributed by atoms with E-state index >= 15 is 0 Å². The molecular weight excluding hydrogens is 300 g/mol. The summed E-state index contributed by atoms with van der Waals surface area (Å²) in [4.78, 5) is 10.5. The van der Waals surface area contributed by atoms with Crippen LogP contribution in [0.5, 0.6) is 5.75 Å². The molecule has 16 heavy (non-hydrogen) atoms. The molecule has 0 bridgehead atoms. The second-order valence-corrected chi connectivity index (χ2v) is 3.47. The van der Waals surface area contributed by atoms with Gasteiger partial charge in [-0.2, -0.15) is 0 Å². The molecule has 88 valence electrons. The number of carbonyl (C=O) groups is 1. The summed E-state index contributed by atoms with van der Waals surface area (Å²) in [7, 11) is 0. The van der Waals surface area contributed by atoms with Crippen LogP contribution < -0.4 is 4.74 Å². The molecule has 0 atom stereocenters. The summed E-state index contributed by atoms with van der Waals surface area (Å²) in [5.74, 6) is -3.66. The van der Waals surface area contributed by atoms with Gasteiger partial charge in [-0.15, -0.1) is 13.2 Å². The molecule has 0 spiro atoms. The molecule has 0 aliphatic rings. The quantitative estimate of drug-likeness (QED) is 0.854. The van der Waals surface area contributed by atoms with E-state index in [0.29, 0.717) is 12.1 Å². The number of hydrogen-bond donors (Lipinski definition) is 1. The minimum Gasteiger partial charge on any atom is -0.478 e. The van der Waals surface area contributed by atoms with Crippen molar-refractivity contribution in [2.75, 3.05) is 0 Å². The number of halogens is 5. The molecule has 1 aromatic rings. The van der Waals surface area contributed by atoms with Crippen LogP contribution in [-0.2, 0) is 0 Å².